The van der Waals surface area contributed by atoms with Gasteiger partial charge in [-0.2, -0.15) is 0 Å². The van der Waals surface area contributed by atoms with Crippen LogP contribution in [0.2, 0.25) is 0 Å². The van der Waals surface area contributed by atoms with Crippen molar-refractivity contribution in [3.8, 4) is 11.5 Å². The fourth-order valence-corrected chi connectivity index (χ4v) is 2.34. The van der Waals surface area contributed by atoms with Crippen LogP contribution in [-0.2, 0) is 4.79 Å². The number of benzene rings is 1. The van der Waals surface area contributed by atoms with Crippen LogP contribution >= 0.6 is 11.8 Å². The summed E-state index contributed by atoms with van der Waals surface area (Å²) in [4.78, 5) is 22.9. The molecule has 3 amide bonds. The quantitative estimate of drug-likeness (QED) is 0.836. The van der Waals surface area contributed by atoms with Gasteiger partial charge in [-0.15, -0.1) is 10.2 Å². The highest BCUT2D eigenvalue weighted by molar-refractivity contribution is 8.00. The Kier molecular flexibility index (Phi) is 5.16. The van der Waals surface area contributed by atoms with Gasteiger partial charge in [0.05, 0.1) is 5.25 Å². The van der Waals surface area contributed by atoms with Crippen molar-refractivity contribution < 1.29 is 14.0 Å². The molecule has 1 aromatic heterocycles. The van der Waals surface area contributed by atoms with E-state index in [1.807, 2.05) is 31.2 Å². The number of nitrogens with one attached hydrogen (secondary N) is 2. The van der Waals surface area contributed by atoms with Gasteiger partial charge in [0.1, 0.15) is 0 Å². The van der Waals surface area contributed by atoms with E-state index in [-0.39, 0.29) is 5.22 Å². The molecule has 0 aliphatic carbocycles. The molecule has 0 saturated carbocycles. The maximum absolute atomic E-state index is 11.8. The Bertz CT molecular complexity index is 686. The average molecular weight is 320 g/mol. The summed E-state index contributed by atoms with van der Waals surface area (Å²) >= 11 is 1.09. The summed E-state index contributed by atoms with van der Waals surface area (Å²) in [6, 6.07) is 7.10. The Balaban J connectivity index is 2.05. The van der Waals surface area contributed by atoms with Gasteiger partial charge < -0.3 is 9.73 Å². The molecule has 7 nitrogen and oxygen atoms in total. The van der Waals surface area contributed by atoms with Gasteiger partial charge in [0.15, 0.2) is 0 Å². The molecule has 0 saturated heterocycles. The van der Waals surface area contributed by atoms with E-state index in [0.29, 0.717) is 5.89 Å². The number of imide groups is 1. The van der Waals surface area contributed by atoms with Crippen molar-refractivity contribution in [3.63, 3.8) is 0 Å². The number of thioether (sulfide) groups is 1. The fraction of sp³-hybridized carbons (Fsp3) is 0.286. The molecule has 0 spiro atoms. The molecule has 1 atom stereocenters. The second-order valence-electron chi connectivity index (χ2n) is 4.52. The van der Waals surface area contributed by atoms with Gasteiger partial charge in [-0.25, -0.2) is 4.79 Å². The topological polar surface area (TPSA) is 97.1 Å². The summed E-state index contributed by atoms with van der Waals surface area (Å²) in [6.45, 7) is 3.60. The van der Waals surface area contributed by atoms with Crippen molar-refractivity contribution in [1.82, 2.24) is 20.8 Å². The molecule has 0 aliphatic heterocycles. The minimum atomic E-state index is -0.552. The zero-order chi connectivity index (χ0) is 16.1. The van der Waals surface area contributed by atoms with Gasteiger partial charge in [-0.1, -0.05) is 30.0 Å². The number of rotatable bonds is 4. The third-order valence-corrected chi connectivity index (χ3v) is 3.83. The largest absolute Gasteiger partial charge is 0.411 e. The highest BCUT2D eigenvalue weighted by Gasteiger charge is 2.20. The van der Waals surface area contributed by atoms with Crippen LogP contribution in [-0.4, -0.2) is 34.4 Å². The molecular formula is C14H16N4O3S. The second kappa shape index (κ2) is 7.08. The van der Waals surface area contributed by atoms with E-state index in [0.717, 1.165) is 22.9 Å². The standard InChI is InChI=1S/C14H16N4O3S/c1-8-6-4-5-7-10(8)12-17-18-14(21-12)22-9(2)11(19)16-13(20)15-3/h4-7,9H,1-3H3,(H2,15,16,19,20). The lowest BCUT2D eigenvalue weighted by Crippen LogP contribution is -2.41. The molecule has 1 unspecified atom stereocenters. The summed E-state index contributed by atoms with van der Waals surface area (Å²) in [5.41, 5.74) is 1.87. The first kappa shape index (κ1) is 16.0. The second-order valence-corrected chi connectivity index (χ2v) is 5.81. The van der Waals surface area contributed by atoms with Gasteiger partial charge in [-0.05, 0) is 25.5 Å². The number of nitrogens with zero attached hydrogens (tertiary/aromatic N) is 2. The van der Waals surface area contributed by atoms with E-state index in [9.17, 15) is 9.59 Å². The number of hydrogen-bond donors (Lipinski definition) is 2. The van der Waals surface area contributed by atoms with Crippen LogP contribution in [0.4, 0.5) is 4.79 Å². The number of amides is 3. The van der Waals surface area contributed by atoms with Gasteiger partial charge in [0.2, 0.25) is 11.8 Å². The van der Waals surface area contributed by atoms with Crippen LogP contribution in [0.3, 0.4) is 0 Å². The Morgan fingerprint density at radius 3 is 2.68 bits per heavy atom. The minimum Gasteiger partial charge on any atom is -0.411 e. The molecule has 1 aromatic carbocycles. The highest BCUT2D eigenvalue weighted by Crippen LogP contribution is 2.27. The number of carbonyl (C=O) groups excluding carboxylic acids is 2. The number of aryl methyl sites for hydroxylation is 1. The van der Waals surface area contributed by atoms with Crippen LogP contribution in [0.25, 0.3) is 11.5 Å². The third-order valence-electron chi connectivity index (χ3n) is 2.89. The first-order valence-electron chi connectivity index (χ1n) is 6.60. The molecule has 2 aromatic rings. The van der Waals surface area contributed by atoms with E-state index in [4.69, 9.17) is 4.42 Å². The van der Waals surface area contributed by atoms with Crippen molar-refractivity contribution in [2.45, 2.75) is 24.3 Å². The molecule has 8 heteroatoms. The number of aromatic nitrogens is 2. The Morgan fingerprint density at radius 2 is 2.00 bits per heavy atom. The van der Waals surface area contributed by atoms with Crippen LogP contribution in [0.1, 0.15) is 12.5 Å². The van der Waals surface area contributed by atoms with Gasteiger partial charge >= 0.3 is 6.03 Å². The highest BCUT2D eigenvalue weighted by atomic mass is 32.2. The number of carbonyl (C=O) groups is 2. The number of urea groups is 1. The van der Waals surface area contributed by atoms with Gasteiger partial charge in [0, 0.05) is 12.6 Å². The lowest BCUT2D eigenvalue weighted by molar-refractivity contribution is -0.119. The third kappa shape index (κ3) is 3.85. The monoisotopic (exact) mass is 320 g/mol. The van der Waals surface area contributed by atoms with Crippen LogP contribution < -0.4 is 10.6 Å². The summed E-state index contributed by atoms with van der Waals surface area (Å²) in [6.07, 6.45) is 0. The normalized spacial score (nSPS) is 11.8. The molecule has 0 aliphatic rings. The average Bonchev–Trinajstić information content (AvgIpc) is 2.95. The summed E-state index contributed by atoms with van der Waals surface area (Å²) < 4.78 is 5.56. The molecule has 0 radical (unpaired) electrons. The Morgan fingerprint density at radius 1 is 1.27 bits per heavy atom. The lowest BCUT2D eigenvalue weighted by atomic mass is 10.1. The smallest absolute Gasteiger partial charge is 0.321 e. The van der Waals surface area contributed by atoms with Crippen LogP contribution in [0.15, 0.2) is 33.9 Å². The van der Waals surface area contributed by atoms with E-state index in [1.54, 1.807) is 6.92 Å². The van der Waals surface area contributed by atoms with Crippen LogP contribution in [0, 0.1) is 6.92 Å². The molecular weight excluding hydrogens is 304 g/mol. The first-order valence-corrected chi connectivity index (χ1v) is 7.48. The van der Waals surface area contributed by atoms with Crippen molar-refractivity contribution in [3.05, 3.63) is 29.8 Å². The molecule has 22 heavy (non-hydrogen) atoms. The molecule has 2 N–H and O–H groups in total. The molecule has 0 bridgehead atoms. The fourth-order valence-electron chi connectivity index (χ4n) is 1.66. The lowest BCUT2D eigenvalue weighted by Gasteiger charge is -2.07. The van der Waals surface area contributed by atoms with Crippen molar-refractivity contribution in [1.29, 1.82) is 0 Å². The predicted molar refractivity (Wildman–Crippen MR) is 82.4 cm³/mol. The van der Waals surface area contributed by atoms with Crippen molar-refractivity contribution in [2.75, 3.05) is 7.05 Å². The summed E-state index contributed by atoms with van der Waals surface area (Å²) in [7, 11) is 1.44. The summed E-state index contributed by atoms with van der Waals surface area (Å²) in [5.74, 6) is -0.0282. The molecule has 0 fully saturated rings. The summed E-state index contributed by atoms with van der Waals surface area (Å²) in [5, 5.41) is 12.2. The maximum atomic E-state index is 11.8. The first-order chi connectivity index (χ1) is 10.5. The number of hydrogen-bond acceptors (Lipinski definition) is 6. The van der Waals surface area contributed by atoms with E-state index < -0.39 is 17.2 Å². The SMILES string of the molecule is CNC(=O)NC(=O)C(C)Sc1nnc(-c2ccccc2C)o1. The van der Waals surface area contributed by atoms with E-state index >= 15 is 0 Å². The maximum Gasteiger partial charge on any atom is 0.321 e. The zero-order valence-electron chi connectivity index (χ0n) is 12.4. The molecule has 1 heterocycles. The van der Waals surface area contributed by atoms with Gasteiger partial charge in [0.25, 0.3) is 5.22 Å². The Hall–Kier alpha value is -2.35. The van der Waals surface area contributed by atoms with Crippen molar-refractivity contribution >= 4 is 23.7 Å². The van der Waals surface area contributed by atoms with Gasteiger partial charge in [-0.3, -0.25) is 10.1 Å². The Labute approximate surface area is 131 Å². The zero-order valence-corrected chi connectivity index (χ0v) is 13.2. The van der Waals surface area contributed by atoms with E-state index in [1.165, 1.54) is 7.05 Å². The van der Waals surface area contributed by atoms with Crippen LogP contribution in [0.5, 0.6) is 0 Å². The van der Waals surface area contributed by atoms with Crippen molar-refractivity contribution in [2.24, 2.45) is 0 Å². The van der Waals surface area contributed by atoms with E-state index in [2.05, 4.69) is 20.8 Å². The minimum absolute atomic E-state index is 0.276. The molecule has 2 rings (SSSR count). The predicted octanol–water partition coefficient (Wildman–Crippen LogP) is 1.98. The molecule has 116 valence electrons.